The van der Waals surface area contributed by atoms with Gasteiger partial charge in [-0.05, 0) is 30.7 Å². The van der Waals surface area contributed by atoms with Crippen molar-refractivity contribution in [2.45, 2.75) is 19.9 Å². The van der Waals surface area contributed by atoms with Crippen LogP contribution in [0, 0.1) is 5.82 Å². The molecule has 0 fully saturated rings. The van der Waals surface area contributed by atoms with Gasteiger partial charge >= 0.3 is 0 Å². The van der Waals surface area contributed by atoms with Crippen LogP contribution in [0.4, 0.5) is 9.52 Å². The van der Waals surface area contributed by atoms with Gasteiger partial charge in [0, 0.05) is 36.3 Å². The van der Waals surface area contributed by atoms with Gasteiger partial charge in [0.2, 0.25) is 0 Å². The summed E-state index contributed by atoms with van der Waals surface area (Å²) in [6, 6.07) is 6.38. The standard InChI is InChI=1S/C16H17FN4S/c1-3-14-12(9-21(2)20-14)8-18-16-19-15(10-22-16)11-4-6-13(17)7-5-11/h4-7,9-10H,3,8H2,1-2H3,(H,18,19). The predicted molar refractivity (Wildman–Crippen MR) is 87.4 cm³/mol. The van der Waals surface area contributed by atoms with Gasteiger partial charge < -0.3 is 5.32 Å². The summed E-state index contributed by atoms with van der Waals surface area (Å²) in [7, 11) is 1.93. The highest BCUT2D eigenvalue weighted by atomic mass is 32.1. The van der Waals surface area contributed by atoms with Crippen LogP contribution < -0.4 is 5.32 Å². The SMILES string of the molecule is CCc1nn(C)cc1CNc1nc(-c2ccc(F)cc2)cs1. The fourth-order valence-corrected chi connectivity index (χ4v) is 3.03. The second kappa shape index (κ2) is 6.27. The van der Waals surface area contributed by atoms with Gasteiger partial charge in [-0.1, -0.05) is 6.92 Å². The van der Waals surface area contributed by atoms with Crippen molar-refractivity contribution in [1.29, 1.82) is 0 Å². The molecule has 3 aromatic rings. The second-order valence-electron chi connectivity index (χ2n) is 5.03. The minimum absolute atomic E-state index is 0.235. The van der Waals surface area contributed by atoms with E-state index >= 15 is 0 Å². The molecule has 0 radical (unpaired) electrons. The number of benzene rings is 1. The zero-order valence-electron chi connectivity index (χ0n) is 12.5. The number of rotatable bonds is 5. The Balaban J connectivity index is 1.70. The van der Waals surface area contributed by atoms with Gasteiger partial charge in [0.05, 0.1) is 11.4 Å². The lowest BCUT2D eigenvalue weighted by Gasteiger charge is -2.02. The molecule has 0 aliphatic heterocycles. The topological polar surface area (TPSA) is 42.7 Å². The van der Waals surface area contributed by atoms with Crippen LogP contribution in [0.15, 0.2) is 35.8 Å². The maximum Gasteiger partial charge on any atom is 0.183 e. The highest BCUT2D eigenvalue weighted by Crippen LogP contribution is 2.25. The van der Waals surface area contributed by atoms with Crippen LogP contribution in [-0.2, 0) is 20.0 Å². The summed E-state index contributed by atoms with van der Waals surface area (Å²) < 4.78 is 14.8. The summed E-state index contributed by atoms with van der Waals surface area (Å²) in [6.07, 6.45) is 2.94. The molecule has 0 saturated carbocycles. The average Bonchev–Trinajstić information content (AvgIpc) is 3.12. The fraction of sp³-hybridized carbons (Fsp3) is 0.250. The zero-order chi connectivity index (χ0) is 15.5. The molecule has 1 aromatic carbocycles. The smallest absolute Gasteiger partial charge is 0.183 e. The van der Waals surface area contributed by atoms with E-state index in [-0.39, 0.29) is 5.82 Å². The molecule has 0 amide bonds. The Morgan fingerprint density at radius 3 is 2.77 bits per heavy atom. The molecule has 0 aliphatic carbocycles. The van der Waals surface area contributed by atoms with E-state index in [2.05, 4.69) is 22.3 Å². The number of nitrogens with one attached hydrogen (secondary N) is 1. The summed E-state index contributed by atoms with van der Waals surface area (Å²) in [5.74, 6) is -0.235. The van der Waals surface area contributed by atoms with E-state index < -0.39 is 0 Å². The van der Waals surface area contributed by atoms with Crippen LogP contribution in [0.1, 0.15) is 18.2 Å². The van der Waals surface area contributed by atoms with E-state index in [1.54, 1.807) is 23.5 Å². The minimum atomic E-state index is -0.235. The highest BCUT2D eigenvalue weighted by Gasteiger charge is 2.08. The Labute approximate surface area is 132 Å². The van der Waals surface area contributed by atoms with Crippen LogP contribution in [-0.4, -0.2) is 14.8 Å². The first-order valence-electron chi connectivity index (χ1n) is 7.12. The third-order valence-electron chi connectivity index (χ3n) is 3.40. The maximum absolute atomic E-state index is 13.0. The Morgan fingerprint density at radius 1 is 1.27 bits per heavy atom. The van der Waals surface area contributed by atoms with Crippen LogP contribution in [0.5, 0.6) is 0 Å². The van der Waals surface area contributed by atoms with Crippen molar-refractivity contribution in [3.8, 4) is 11.3 Å². The summed E-state index contributed by atoms with van der Waals surface area (Å²) in [5.41, 5.74) is 4.06. The number of anilines is 1. The lowest BCUT2D eigenvalue weighted by atomic mass is 10.2. The van der Waals surface area contributed by atoms with Crippen molar-refractivity contribution in [2.24, 2.45) is 7.05 Å². The molecule has 1 N–H and O–H groups in total. The molecule has 0 saturated heterocycles. The number of hydrogen-bond donors (Lipinski definition) is 1. The molecule has 22 heavy (non-hydrogen) atoms. The lowest BCUT2D eigenvalue weighted by Crippen LogP contribution is -2.00. The first-order valence-corrected chi connectivity index (χ1v) is 8.00. The van der Waals surface area contributed by atoms with Gasteiger partial charge in [0.1, 0.15) is 5.82 Å². The number of hydrogen-bond acceptors (Lipinski definition) is 4. The van der Waals surface area contributed by atoms with Crippen LogP contribution in [0.25, 0.3) is 11.3 Å². The second-order valence-corrected chi connectivity index (χ2v) is 5.88. The lowest BCUT2D eigenvalue weighted by molar-refractivity contribution is 0.628. The summed E-state index contributed by atoms with van der Waals surface area (Å²) >= 11 is 1.54. The van der Waals surface area contributed by atoms with Crippen molar-refractivity contribution in [1.82, 2.24) is 14.8 Å². The fourth-order valence-electron chi connectivity index (χ4n) is 2.31. The highest BCUT2D eigenvalue weighted by molar-refractivity contribution is 7.14. The van der Waals surface area contributed by atoms with E-state index in [4.69, 9.17) is 0 Å². The van der Waals surface area contributed by atoms with Crippen molar-refractivity contribution < 1.29 is 4.39 Å². The van der Waals surface area contributed by atoms with Crippen LogP contribution in [0.3, 0.4) is 0 Å². The Morgan fingerprint density at radius 2 is 2.05 bits per heavy atom. The normalized spacial score (nSPS) is 10.9. The number of halogens is 1. The summed E-state index contributed by atoms with van der Waals surface area (Å²) in [4.78, 5) is 4.55. The molecular weight excluding hydrogens is 299 g/mol. The molecule has 0 atom stereocenters. The first-order chi connectivity index (χ1) is 10.7. The molecule has 2 heterocycles. The summed E-state index contributed by atoms with van der Waals surface area (Å²) in [6.45, 7) is 2.80. The molecule has 4 nitrogen and oxygen atoms in total. The number of aromatic nitrogens is 3. The van der Waals surface area contributed by atoms with Crippen molar-refractivity contribution in [2.75, 3.05) is 5.32 Å². The van der Waals surface area contributed by atoms with Gasteiger partial charge in [-0.25, -0.2) is 9.37 Å². The van der Waals surface area contributed by atoms with Gasteiger partial charge in [0.15, 0.2) is 5.13 Å². The first kappa shape index (κ1) is 14.7. The van der Waals surface area contributed by atoms with E-state index in [1.165, 1.54) is 17.7 Å². The Bertz CT molecular complexity index is 761. The van der Waals surface area contributed by atoms with Crippen molar-refractivity contribution in [3.05, 3.63) is 52.9 Å². The molecule has 2 aromatic heterocycles. The Kier molecular flexibility index (Phi) is 4.20. The average molecular weight is 316 g/mol. The third-order valence-corrected chi connectivity index (χ3v) is 4.20. The number of nitrogens with zero attached hydrogens (tertiary/aromatic N) is 3. The number of thiazole rings is 1. The molecule has 0 unspecified atom stereocenters. The molecular formula is C16H17FN4S. The molecule has 3 rings (SSSR count). The van der Waals surface area contributed by atoms with E-state index in [0.717, 1.165) is 28.5 Å². The van der Waals surface area contributed by atoms with E-state index in [9.17, 15) is 4.39 Å². The monoisotopic (exact) mass is 316 g/mol. The quantitative estimate of drug-likeness (QED) is 0.777. The van der Waals surface area contributed by atoms with Gasteiger partial charge in [-0.15, -0.1) is 11.3 Å². The van der Waals surface area contributed by atoms with E-state index in [1.807, 2.05) is 23.3 Å². The Hall–Kier alpha value is -2.21. The minimum Gasteiger partial charge on any atom is -0.357 e. The molecule has 0 spiro atoms. The largest absolute Gasteiger partial charge is 0.357 e. The summed E-state index contributed by atoms with van der Waals surface area (Å²) in [5, 5.41) is 10.6. The van der Waals surface area contributed by atoms with Crippen molar-refractivity contribution in [3.63, 3.8) is 0 Å². The van der Waals surface area contributed by atoms with Gasteiger partial charge in [0.25, 0.3) is 0 Å². The maximum atomic E-state index is 13.0. The molecule has 6 heteroatoms. The predicted octanol–water partition coefficient (Wildman–Crippen LogP) is 3.86. The number of aryl methyl sites for hydroxylation is 2. The van der Waals surface area contributed by atoms with Crippen molar-refractivity contribution >= 4 is 16.5 Å². The van der Waals surface area contributed by atoms with Gasteiger partial charge in [-0.2, -0.15) is 5.10 Å². The third kappa shape index (κ3) is 3.17. The van der Waals surface area contributed by atoms with Crippen LogP contribution >= 0.6 is 11.3 Å². The molecule has 0 aliphatic rings. The van der Waals surface area contributed by atoms with Gasteiger partial charge in [-0.3, -0.25) is 4.68 Å². The zero-order valence-corrected chi connectivity index (χ0v) is 13.3. The molecule has 0 bridgehead atoms. The van der Waals surface area contributed by atoms with E-state index in [0.29, 0.717) is 6.54 Å². The van der Waals surface area contributed by atoms with Crippen LogP contribution in [0.2, 0.25) is 0 Å². The molecule has 114 valence electrons.